The lowest BCUT2D eigenvalue weighted by molar-refractivity contribution is -0.146. The van der Waals surface area contributed by atoms with Crippen LogP contribution in [0.5, 0.6) is 0 Å². The summed E-state index contributed by atoms with van der Waals surface area (Å²) in [6.45, 7) is 6.54. The van der Waals surface area contributed by atoms with E-state index in [-0.39, 0.29) is 5.97 Å². The van der Waals surface area contributed by atoms with Crippen LogP contribution in [-0.2, 0) is 16.0 Å². The number of thioether (sulfide) groups is 1. The number of aryl methyl sites for hydroxylation is 1. The SMILES string of the molecule is CCNC(C)(CSc1nc(CC)ns1)C(=O)OC. The van der Waals surface area contributed by atoms with Crippen molar-refractivity contribution in [2.75, 3.05) is 19.4 Å². The molecule has 0 fully saturated rings. The summed E-state index contributed by atoms with van der Waals surface area (Å²) in [5, 5.41) is 3.16. The van der Waals surface area contributed by atoms with Crippen LogP contribution in [0.15, 0.2) is 4.34 Å². The molecule has 0 bridgehead atoms. The fourth-order valence-corrected chi connectivity index (χ4v) is 3.24. The third-order valence-corrected chi connectivity index (χ3v) is 4.64. The van der Waals surface area contributed by atoms with E-state index in [1.165, 1.54) is 30.4 Å². The second kappa shape index (κ2) is 7.06. The fourth-order valence-electron chi connectivity index (χ4n) is 1.44. The molecule has 0 aliphatic carbocycles. The van der Waals surface area contributed by atoms with E-state index in [0.717, 1.165) is 16.6 Å². The minimum Gasteiger partial charge on any atom is -0.468 e. The maximum absolute atomic E-state index is 11.8. The first kappa shape index (κ1) is 15.4. The molecule has 0 amide bonds. The number of nitrogens with one attached hydrogen (secondary N) is 1. The Kier molecular flexibility index (Phi) is 6.04. The Morgan fingerprint density at radius 3 is 2.78 bits per heavy atom. The molecule has 0 spiro atoms. The van der Waals surface area contributed by atoms with Crippen LogP contribution in [-0.4, -0.2) is 40.3 Å². The highest BCUT2D eigenvalue weighted by atomic mass is 32.2. The van der Waals surface area contributed by atoms with E-state index in [1.54, 1.807) is 0 Å². The highest BCUT2D eigenvalue weighted by Crippen LogP contribution is 2.25. The number of methoxy groups -OCH3 is 1. The second-order valence-corrected chi connectivity index (χ2v) is 5.95. The molecule has 1 aromatic heterocycles. The molecule has 18 heavy (non-hydrogen) atoms. The number of likely N-dealkylation sites (N-methyl/N-ethyl adjacent to an activating group) is 1. The van der Waals surface area contributed by atoms with Crippen molar-refractivity contribution in [1.82, 2.24) is 14.7 Å². The normalized spacial score (nSPS) is 14.2. The van der Waals surface area contributed by atoms with Gasteiger partial charge in [-0.15, -0.1) is 0 Å². The lowest BCUT2D eigenvalue weighted by Gasteiger charge is -2.26. The Morgan fingerprint density at radius 1 is 1.56 bits per heavy atom. The molecule has 1 N–H and O–H groups in total. The van der Waals surface area contributed by atoms with Gasteiger partial charge in [0.1, 0.15) is 11.4 Å². The maximum Gasteiger partial charge on any atom is 0.326 e. The van der Waals surface area contributed by atoms with Crippen molar-refractivity contribution in [2.45, 2.75) is 37.1 Å². The van der Waals surface area contributed by atoms with E-state index < -0.39 is 5.54 Å². The second-order valence-electron chi connectivity index (χ2n) is 3.97. The number of esters is 1. The van der Waals surface area contributed by atoms with Gasteiger partial charge in [0.2, 0.25) is 0 Å². The van der Waals surface area contributed by atoms with Gasteiger partial charge in [-0.25, -0.2) is 4.98 Å². The van der Waals surface area contributed by atoms with Crippen LogP contribution in [0.2, 0.25) is 0 Å². The zero-order chi connectivity index (χ0) is 13.6. The van der Waals surface area contributed by atoms with E-state index >= 15 is 0 Å². The van der Waals surface area contributed by atoms with E-state index in [1.807, 2.05) is 20.8 Å². The summed E-state index contributed by atoms with van der Waals surface area (Å²) in [5.74, 6) is 1.18. The molecule has 7 heteroatoms. The minimum absolute atomic E-state index is 0.253. The summed E-state index contributed by atoms with van der Waals surface area (Å²) in [6, 6.07) is 0. The van der Waals surface area contributed by atoms with Crippen molar-refractivity contribution in [1.29, 1.82) is 0 Å². The Morgan fingerprint density at radius 2 is 2.28 bits per heavy atom. The van der Waals surface area contributed by atoms with Crippen molar-refractivity contribution in [3.63, 3.8) is 0 Å². The topological polar surface area (TPSA) is 64.1 Å². The predicted molar refractivity (Wildman–Crippen MR) is 74.1 cm³/mol. The number of ether oxygens (including phenoxy) is 1. The van der Waals surface area contributed by atoms with Crippen molar-refractivity contribution in [3.8, 4) is 0 Å². The molecular weight excluding hydrogens is 270 g/mol. The van der Waals surface area contributed by atoms with Crippen molar-refractivity contribution in [2.24, 2.45) is 0 Å². The van der Waals surface area contributed by atoms with Gasteiger partial charge in [-0.05, 0) is 25.0 Å². The van der Waals surface area contributed by atoms with Crippen LogP contribution in [0.3, 0.4) is 0 Å². The van der Waals surface area contributed by atoms with Gasteiger partial charge >= 0.3 is 5.97 Å². The Hall–Kier alpha value is -0.660. The fraction of sp³-hybridized carbons (Fsp3) is 0.727. The number of hydrogen-bond acceptors (Lipinski definition) is 7. The average molecular weight is 289 g/mol. The molecule has 5 nitrogen and oxygen atoms in total. The number of hydrogen-bond donors (Lipinski definition) is 1. The summed E-state index contributed by atoms with van der Waals surface area (Å²) in [7, 11) is 1.41. The number of carbonyl (C=O) groups excluding carboxylic acids is 1. The first-order chi connectivity index (χ1) is 8.55. The average Bonchev–Trinajstić information content (AvgIpc) is 2.83. The van der Waals surface area contributed by atoms with Gasteiger partial charge in [0, 0.05) is 12.2 Å². The largest absolute Gasteiger partial charge is 0.468 e. The summed E-state index contributed by atoms with van der Waals surface area (Å²) in [5.41, 5.74) is -0.688. The molecule has 0 aromatic carbocycles. The minimum atomic E-state index is -0.688. The zero-order valence-electron chi connectivity index (χ0n) is 11.1. The van der Waals surface area contributed by atoms with Gasteiger partial charge in [0.25, 0.3) is 0 Å². The van der Waals surface area contributed by atoms with Gasteiger partial charge in [-0.2, -0.15) is 4.37 Å². The summed E-state index contributed by atoms with van der Waals surface area (Å²) < 4.78 is 9.94. The Labute approximate surface area is 116 Å². The summed E-state index contributed by atoms with van der Waals surface area (Å²) in [4.78, 5) is 16.1. The molecule has 102 valence electrons. The molecule has 0 radical (unpaired) electrons. The molecule has 1 rings (SSSR count). The van der Waals surface area contributed by atoms with Crippen LogP contribution in [0.25, 0.3) is 0 Å². The van der Waals surface area contributed by atoms with Gasteiger partial charge in [0.05, 0.1) is 7.11 Å². The van der Waals surface area contributed by atoms with E-state index in [2.05, 4.69) is 14.7 Å². The standard InChI is InChI=1S/C11H19N3O2S2/c1-5-8-13-10(18-14-8)17-7-11(3,12-6-2)9(15)16-4/h12H,5-7H2,1-4H3. The van der Waals surface area contributed by atoms with Crippen molar-refractivity contribution >= 4 is 29.3 Å². The molecule has 0 saturated carbocycles. The highest BCUT2D eigenvalue weighted by molar-refractivity contribution is 8.01. The number of nitrogens with zero attached hydrogens (tertiary/aromatic N) is 2. The smallest absolute Gasteiger partial charge is 0.326 e. The van der Waals surface area contributed by atoms with Crippen LogP contribution in [0, 0.1) is 0 Å². The maximum atomic E-state index is 11.8. The monoisotopic (exact) mass is 289 g/mol. The molecule has 1 heterocycles. The van der Waals surface area contributed by atoms with Crippen LogP contribution in [0.4, 0.5) is 0 Å². The van der Waals surface area contributed by atoms with Crippen LogP contribution >= 0.6 is 23.3 Å². The molecule has 1 aromatic rings. The third-order valence-electron chi connectivity index (χ3n) is 2.45. The van der Waals surface area contributed by atoms with Crippen molar-refractivity contribution in [3.05, 3.63) is 5.82 Å². The first-order valence-corrected chi connectivity index (χ1v) is 7.60. The number of carbonyl (C=O) groups is 1. The van der Waals surface area contributed by atoms with Gasteiger partial charge in [-0.1, -0.05) is 25.6 Å². The molecule has 0 aliphatic heterocycles. The van der Waals surface area contributed by atoms with Gasteiger partial charge in [0.15, 0.2) is 4.34 Å². The van der Waals surface area contributed by atoms with Gasteiger partial charge in [-0.3, -0.25) is 4.79 Å². The highest BCUT2D eigenvalue weighted by Gasteiger charge is 2.33. The molecule has 0 saturated heterocycles. The molecule has 1 atom stereocenters. The molecule has 1 unspecified atom stereocenters. The predicted octanol–water partition coefficient (Wildman–Crippen LogP) is 1.73. The Bertz CT molecular complexity index is 397. The third kappa shape index (κ3) is 3.93. The Balaban J connectivity index is 2.64. The number of rotatable bonds is 7. The van der Waals surface area contributed by atoms with Crippen LogP contribution in [0.1, 0.15) is 26.6 Å². The molecular formula is C11H19N3O2S2. The van der Waals surface area contributed by atoms with E-state index in [4.69, 9.17) is 4.74 Å². The van der Waals surface area contributed by atoms with Crippen molar-refractivity contribution < 1.29 is 9.53 Å². The first-order valence-electron chi connectivity index (χ1n) is 5.84. The number of aromatic nitrogens is 2. The lowest BCUT2D eigenvalue weighted by atomic mass is 10.1. The lowest BCUT2D eigenvalue weighted by Crippen LogP contribution is -2.52. The zero-order valence-corrected chi connectivity index (χ0v) is 12.8. The van der Waals surface area contributed by atoms with E-state index in [0.29, 0.717) is 12.3 Å². The van der Waals surface area contributed by atoms with E-state index in [9.17, 15) is 4.79 Å². The summed E-state index contributed by atoms with van der Waals surface area (Å²) >= 11 is 2.90. The quantitative estimate of drug-likeness (QED) is 0.609. The molecule has 0 aliphatic rings. The summed E-state index contributed by atoms with van der Waals surface area (Å²) in [6.07, 6.45) is 0.832. The van der Waals surface area contributed by atoms with Gasteiger partial charge < -0.3 is 10.1 Å². The van der Waals surface area contributed by atoms with Crippen LogP contribution < -0.4 is 5.32 Å².